The smallest absolute Gasteiger partial charge is 0.252 e. The number of benzene rings is 2. The van der Waals surface area contributed by atoms with E-state index in [0.29, 0.717) is 12.1 Å². The molecule has 4 nitrogen and oxygen atoms in total. The molecule has 0 saturated carbocycles. The predicted molar refractivity (Wildman–Crippen MR) is 95.4 cm³/mol. The molecule has 3 rings (SSSR count). The van der Waals surface area contributed by atoms with Gasteiger partial charge in [-0.3, -0.25) is 9.78 Å². The van der Waals surface area contributed by atoms with Crippen molar-refractivity contribution >= 4 is 16.8 Å². The van der Waals surface area contributed by atoms with Crippen LogP contribution in [-0.2, 0) is 6.54 Å². The van der Waals surface area contributed by atoms with Gasteiger partial charge in [0.05, 0.1) is 18.2 Å². The van der Waals surface area contributed by atoms with Crippen LogP contribution >= 0.6 is 0 Å². The van der Waals surface area contributed by atoms with Crippen LogP contribution in [0, 0.1) is 13.8 Å². The van der Waals surface area contributed by atoms with Gasteiger partial charge in [-0.25, -0.2) is 0 Å². The fourth-order valence-corrected chi connectivity index (χ4v) is 2.68. The third-order valence-electron chi connectivity index (χ3n) is 3.95. The molecule has 0 radical (unpaired) electrons. The molecule has 0 bridgehead atoms. The molecule has 3 aromatic rings. The van der Waals surface area contributed by atoms with Crippen molar-refractivity contribution in [1.82, 2.24) is 10.3 Å². The molecule has 0 aliphatic rings. The minimum Gasteiger partial charge on any atom is -0.497 e. The highest BCUT2D eigenvalue weighted by Gasteiger charge is 2.12. The Kier molecular flexibility index (Phi) is 4.47. The van der Waals surface area contributed by atoms with Crippen LogP contribution in [0.25, 0.3) is 10.9 Å². The summed E-state index contributed by atoms with van der Waals surface area (Å²) in [7, 11) is 1.63. The average molecular weight is 320 g/mol. The molecule has 0 aliphatic carbocycles. The van der Waals surface area contributed by atoms with Crippen molar-refractivity contribution in [2.75, 3.05) is 7.11 Å². The Morgan fingerprint density at radius 1 is 1.08 bits per heavy atom. The molecule has 4 heteroatoms. The van der Waals surface area contributed by atoms with Gasteiger partial charge in [0.1, 0.15) is 5.75 Å². The maximum Gasteiger partial charge on any atom is 0.252 e. The zero-order valence-electron chi connectivity index (χ0n) is 14.1. The summed E-state index contributed by atoms with van der Waals surface area (Å²) in [4.78, 5) is 17.2. The first-order valence-electron chi connectivity index (χ1n) is 7.86. The van der Waals surface area contributed by atoms with Crippen molar-refractivity contribution in [3.63, 3.8) is 0 Å². The number of methoxy groups -OCH3 is 1. The maximum atomic E-state index is 12.7. The summed E-state index contributed by atoms with van der Waals surface area (Å²) in [6, 6.07) is 15.5. The monoisotopic (exact) mass is 320 g/mol. The number of carbonyl (C=O) groups excluding carboxylic acids is 1. The Balaban J connectivity index is 1.84. The topological polar surface area (TPSA) is 51.2 Å². The number of nitrogens with one attached hydrogen (secondary N) is 1. The van der Waals surface area contributed by atoms with Crippen molar-refractivity contribution in [1.29, 1.82) is 0 Å². The van der Waals surface area contributed by atoms with Crippen molar-refractivity contribution < 1.29 is 9.53 Å². The molecule has 0 saturated heterocycles. The van der Waals surface area contributed by atoms with Crippen LogP contribution in [-0.4, -0.2) is 18.0 Å². The minimum absolute atomic E-state index is 0.0908. The van der Waals surface area contributed by atoms with Gasteiger partial charge in [-0.2, -0.15) is 0 Å². The van der Waals surface area contributed by atoms with E-state index in [1.807, 2.05) is 62.4 Å². The second-order valence-corrected chi connectivity index (χ2v) is 5.86. The minimum atomic E-state index is -0.0908. The number of nitrogens with zero attached hydrogens (tertiary/aromatic N) is 1. The second kappa shape index (κ2) is 6.71. The van der Waals surface area contributed by atoms with Crippen LogP contribution in [0.3, 0.4) is 0 Å². The number of amides is 1. The highest BCUT2D eigenvalue weighted by Crippen LogP contribution is 2.20. The highest BCUT2D eigenvalue weighted by atomic mass is 16.5. The normalized spacial score (nSPS) is 10.6. The fraction of sp³-hybridized carbons (Fsp3) is 0.200. The van der Waals surface area contributed by atoms with E-state index < -0.39 is 0 Å². The zero-order chi connectivity index (χ0) is 17.1. The van der Waals surface area contributed by atoms with Crippen molar-refractivity contribution in [3.05, 3.63) is 70.9 Å². The number of hydrogen-bond acceptors (Lipinski definition) is 3. The standard InChI is InChI=1S/C20H20N2O2/c1-13-4-9-19-17(10-13)18(11-14(2)22-19)20(23)21-12-15-5-7-16(24-3)8-6-15/h4-11H,12H2,1-3H3,(H,21,23). The van der Waals surface area contributed by atoms with Crippen molar-refractivity contribution in [3.8, 4) is 5.75 Å². The molecule has 0 aliphatic heterocycles. The van der Waals surface area contributed by atoms with Crippen LogP contribution in [0.2, 0.25) is 0 Å². The van der Waals surface area contributed by atoms with E-state index in [1.54, 1.807) is 7.11 Å². The molecule has 2 aromatic carbocycles. The summed E-state index contributed by atoms with van der Waals surface area (Å²) < 4.78 is 5.14. The molecule has 122 valence electrons. The lowest BCUT2D eigenvalue weighted by Crippen LogP contribution is -2.23. The summed E-state index contributed by atoms with van der Waals surface area (Å²) in [5, 5.41) is 3.87. The van der Waals surface area contributed by atoms with E-state index in [2.05, 4.69) is 10.3 Å². The van der Waals surface area contributed by atoms with Gasteiger partial charge in [-0.05, 0) is 49.7 Å². The predicted octanol–water partition coefficient (Wildman–Crippen LogP) is 3.79. The molecule has 0 unspecified atom stereocenters. The summed E-state index contributed by atoms with van der Waals surface area (Å²) in [5.41, 5.74) is 4.47. The lowest BCUT2D eigenvalue weighted by atomic mass is 10.0. The van der Waals surface area contributed by atoms with Crippen molar-refractivity contribution in [2.24, 2.45) is 0 Å². The van der Waals surface area contributed by atoms with Gasteiger partial charge in [0.2, 0.25) is 0 Å². The number of aromatic nitrogens is 1. The van der Waals surface area contributed by atoms with Gasteiger partial charge in [0.25, 0.3) is 5.91 Å². The van der Waals surface area contributed by atoms with E-state index in [9.17, 15) is 4.79 Å². The number of rotatable bonds is 4. The van der Waals surface area contributed by atoms with Gasteiger partial charge >= 0.3 is 0 Å². The Labute approximate surface area is 141 Å². The van der Waals surface area contributed by atoms with Crippen LogP contribution in [0.15, 0.2) is 48.5 Å². The second-order valence-electron chi connectivity index (χ2n) is 5.86. The van der Waals surface area contributed by atoms with E-state index in [4.69, 9.17) is 4.74 Å². The van der Waals surface area contributed by atoms with Crippen molar-refractivity contribution in [2.45, 2.75) is 20.4 Å². The van der Waals surface area contributed by atoms with Crippen LogP contribution in [0.1, 0.15) is 27.2 Å². The number of fused-ring (bicyclic) bond motifs is 1. The molecule has 0 spiro atoms. The van der Waals surface area contributed by atoms with Crippen LogP contribution in [0.4, 0.5) is 0 Å². The molecule has 0 fully saturated rings. The lowest BCUT2D eigenvalue weighted by molar-refractivity contribution is 0.0952. The van der Waals surface area contributed by atoms with Gasteiger partial charge < -0.3 is 10.1 Å². The average Bonchev–Trinajstić information content (AvgIpc) is 2.59. The van der Waals surface area contributed by atoms with Gasteiger partial charge in [0.15, 0.2) is 0 Å². The van der Waals surface area contributed by atoms with Gasteiger partial charge in [0, 0.05) is 17.6 Å². The number of hydrogen-bond donors (Lipinski definition) is 1. The fourth-order valence-electron chi connectivity index (χ4n) is 2.68. The molecule has 1 aromatic heterocycles. The van der Waals surface area contributed by atoms with E-state index in [1.165, 1.54) is 0 Å². The molecule has 1 N–H and O–H groups in total. The Hall–Kier alpha value is -2.88. The summed E-state index contributed by atoms with van der Waals surface area (Å²) in [5.74, 6) is 0.711. The SMILES string of the molecule is COc1ccc(CNC(=O)c2cc(C)nc3ccc(C)cc23)cc1. The Morgan fingerprint density at radius 2 is 1.83 bits per heavy atom. The summed E-state index contributed by atoms with van der Waals surface area (Å²) >= 11 is 0. The Morgan fingerprint density at radius 3 is 2.54 bits per heavy atom. The number of carbonyl (C=O) groups is 1. The maximum absolute atomic E-state index is 12.7. The first kappa shape index (κ1) is 16.0. The third kappa shape index (κ3) is 3.38. The van der Waals surface area contributed by atoms with E-state index >= 15 is 0 Å². The molecule has 1 heterocycles. The third-order valence-corrected chi connectivity index (χ3v) is 3.95. The molecule has 0 atom stereocenters. The molecule has 24 heavy (non-hydrogen) atoms. The summed E-state index contributed by atoms with van der Waals surface area (Å²) in [6.07, 6.45) is 0. The van der Waals surface area contributed by atoms with E-state index in [-0.39, 0.29) is 5.91 Å². The molecular weight excluding hydrogens is 300 g/mol. The van der Waals surface area contributed by atoms with Gasteiger partial charge in [-0.15, -0.1) is 0 Å². The number of ether oxygens (including phenoxy) is 1. The molecule has 1 amide bonds. The van der Waals surface area contributed by atoms with Crippen LogP contribution < -0.4 is 10.1 Å². The van der Waals surface area contributed by atoms with E-state index in [0.717, 1.165) is 33.5 Å². The largest absolute Gasteiger partial charge is 0.497 e. The molecular formula is C20H20N2O2. The summed E-state index contributed by atoms with van der Waals surface area (Å²) in [6.45, 7) is 4.38. The quantitative estimate of drug-likeness (QED) is 0.795. The zero-order valence-corrected chi connectivity index (χ0v) is 14.1. The van der Waals surface area contributed by atoms with Crippen LogP contribution in [0.5, 0.6) is 5.75 Å². The van der Waals surface area contributed by atoms with Gasteiger partial charge in [-0.1, -0.05) is 23.8 Å². The number of aryl methyl sites for hydroxylation is 2. The first-order chi connectivity index (χ1) is 11.6. The highest BCUT2D eigenvalue weighted by molar-refractivity contribution is 6.06. The number of pyridine rings is 1. The Bertz CT molecular complexity index is 886. The lowest BCUT2D eigenvalue weighted by Gasteiger charge is -2.10. The first-order valence-corrected chi connectivity index (χ1v) is 7.86.